The number of allylic oxidation sites excluding steroid dienone is 1. The van der Waals surface area contributed by atoms with Gasteiger partial charge in [-0.1, -0.05) is 48.9 Å². The zero-order valence-corrected chi connectivity index (χ0v) is 19.9. The van der Waals surface area contributed by atoms with E-state index in [1.54, 1.807) is 12.1 Å². The van der Waals surface area contributed by atoms with Crippen LogP contribution in [0.2, 0.25) is 5.02 Å². The molecule has 1 aromatic heterocycles. The number of carboxylic acid groups (broad SMARTS) is 1. The van der Waals surface area contributed by atoms with E-state index in [4.69, 9.17) is 16.7 Å². The third-order valence-corrected chi connectivity index (χ3v) is 6.85. The Balaban J connectivity index is 1.72. The molecule has 1 fully saturated rings. The number of carboxylic acids is 1. The Labute approximate surface area is 208 Å². The quantitative estimate of drug-likeness (QED) is 0.244. The van der Waals surface area contributed by atoms with Gasteiger partial charge < -0.3 is 10.4 Å². The first kappa shape index (κ1) is 23.2. The van der Waals surface area contributed by atoms with Crippen LogP contribution in [0.4, 0.5) is 4.39 Å². The number of halogens is 2. The number of pyridine rings is 1. The van der Waals surface area contributed by atoms with Crippen molar-refractivity contribution in [3.63, 3.8) is 0 Å². The predicted molar refractivity (Wildman–Crippen MR) is 138 cm³/mol. The molecule has 2 N–H and O–H groups in total. The maximum Gasteiger partial charge on any atom is 0.328 e. The van der Waals surface area contributed by atoms with E-state index >= 15 is 0 Å². The molecule has 2 atom stereocenters. The molecule has 0 bridgehead atoms. The molecule has 0 spiro atoms. The minimum absolute atomic E-state index is 0.185. The number of nitrogens with one attached hydrogen (secondary N) is 1. The van der Waals surface area contributed by atoms with Gasteiger partial charge in [-0.2, -0.15) is 0 Å². The number of carbonyl (C=O) groups is 1. The zero-order valence-electron chi connectivity index (χ0n) is 19.1. The SMILES string of the molecule is CC/C(=C(\C1=Cc2cnccc2CC2NC12)c1ccc(/C=C/C(=O)O)cc1)c1ccc(F)cc1Cl. The third kappa shape index (κ3) is 4.83. The van der Waals surface area contributed by atoms with Crippen LogP contribution in [-0.4, -0.2) is 28.1 Å². The number of aromatic nitrogens is 1. The van der Waals surface area contributed by atoms with Crippen LogP contribution < -0.4 is 5.32 Å². The number of hydrogen-bond donors (Lipinski definition) is 2. The van der Waals surface area contributed by atoms with E-state index in [0.717, 1.165) is 51.5 Å². The molecule has 2 heterocycles. The van der Waals surface area contributed by atoms with Gasteiger partial charge in [0.05, 0.1) is 5.02 Å². The fourth-order valence-electron chi connectivity index (χ4n) is 4.81. The topological polar surface area (TPSA) is 72.1 Å². The summed E-state index contributed by atoms with van der Waals surface area (Å²) in [4.78, 5) is 15.3. The van der Waals surface area contributed by atoms with Gasteiger partial charge in [-0.05, 0) is 87.7 Å². The number of nitrogens with zero attached hydrogens (tertiary/aromatic N) is 1. The molecule has 1 saturated heterocycles. The van der Waals surface area contributed by atoms with Crippen LogP contribution >= 0.6 is 11.6 Å². The maximum absolute atomic E-state index is 13.9. The molecule has 1 aliphatic carbocycles. The van der Waals surface area contributed by atoms with Gasteiger partial charge in [0, 0.05) is 30.6 Å². The molecular formula is C29H24ClFN2O2. The van der Waals surface area contributed by atoms with Crippen LogP contribution in [0.15, 0.2) is 72.6 Å². The van der Waals surface area contributed by atoms with Gasteiger partial charge in [-0.25, -0.2) is 9.18 Å². The van der Waals surface area contributed by atoms with Crippen LogP contribution in [0.25, 0.3) is 23.3 Å². The first-order chi connectivity index (χ1) is 16.9. The Kier molecular flexibility index (Phi) is 6.37. The standard InChI is InChI=1S/C29H24ClFN2O2/c1-2-22(23-9-8-21(31)15-25(23)30)28(18-6-3-17(4-7-18)5-10-27(34)35)24-13-20-16-32-12-11-19(20)14-26-29(24)33-26/h3-13,15-16,26,29,33H,2,14H2,1H3,(H,34,35)/b10-5+,28-22+. The summed E-state index contributed by atoms with van der Waals surface area (Å²) in [7, 11) is 0. The summed E-state index contributed by atoms with van der Waals surface area (Å²) < 4.78 is 13.9. The smallest absolute Gasteiger partial charge is 0.328 e. The largest absolute Gasteiger partial charge is 0.478 e. The highest BCUT2D eigenvalue weighted by atomic mass is 35.5. The molecular weight excluding hydrogens is 463 g/mol. The number of hydrogen-bond acceptors (Lipinski definition) is 3. The van der Waals surface area contributed by atoms with E-state index in [-0.39, 0.29) is 11.9 Å². The van der Waals surface area contributed by atoms with Gasteiger partial charge in [0.15, 0.2) is 0 Å². The molecule has 5 rings (SSSR count). The van der Waals surface area contributed by atoms with Gasteiger partial charge in [0.25, 0.3) is 0 Å². The first-order valence-corrected chi connectivity index (χ1v) is 11.9. The lowest BCUT2D eigenvalue weighted by molar-refractivity contribution is -0.131. The van der Waals surface area contributed by atoms with Crippen LogP contribution in [0, 0.1) is 5.82 Å². The second-order valence-corrected chi connectivity index (χ2v) is 9.16. The first-order valence-electron chi connectivity index (χ1n) is 11.6. The summed E-state index contributed by atoms with van der Waals surface area (Å²) in [5, 5.41) is 12.9. The Morgan fingerprint density at radius 1 is 1.23 bits per heavy atom. The Bertz CT molecular complexity index is 1390. The highest BCUT2D eigenvalue weighted by Gasteiger charge is 2.42. The molecule has 35 heavy (non-hydrogen) atoms. The molecule has 1 aliphatic heterocycles. The molecule has 0 radical (unpaired) electrons. The lowest BCUT2D eigenvalue weighted by Crippen LogP contribution is -2.05. The van der Waals surface area contributed by atoms with Gasteiger partial charge in [-0.3, -0.25) is 4.98 Å². The molecule has 2 aliphatic rings. The fourth-order valence-corrected chi connectivity index (χ4v) is 5.09. The van der Waals surface area contributed by atoms with Crippen molar-refractivity contribution >= 4 is 40.9 Å². The summed E-state index contributed by atoms with van der Waals surface area (Å²) in [5.74, 6) is -1.36. The normalized spacial score (nSPS) is 19.3. The third-order valence-electron chi connectivity index (χ3n) is 6.54. The molecule has 2 unspecified atom stereocenters. The van der Waals surface area contributed by atoms with E-state index in [9.17, 15) is 9.18 Å². The second kappa shape index (κ2) is 9.61. The monoisotopic (exact) mass is 486 g/mol. The maximum atomic E-state index is 13.9. The second-order valence-electron chi connectivity index (χ2n) is 8.75. The van der Waals surface area contributed by atoms with Crippen LogP contribution in [-0.2, 0) is 11.2 Å². The van der Waals surface area contributed by atoms with Gasteiger partial charge in [0.2, 0.25) is 0 Å². The minimum atomic E-state index is -0.990. The van der Waals surface area contributed by atoms with Crippen molar-refractivity contribution < 1.29 is 14.3 Å². The summed E-state index contributed by atoms with van der Waals surface area (Å²) >= 11 is 6.55. The number of fused-ring (bicyclic) bond motifs is 2. The average Bonchev–Trinajstić information content (AvgIpc) is 3.62. The minimum Gasteiger partial charge on any atom is -0.478 e. The van der Waals surface area contributed by atoms with Crippen molar-refractivity contribution in [3.05, 3.63) is 111 Å². The van der Waals surface area contributed by atoms with Crippen molar-refractivity contribution in [3.8, 4) is 0 Å². The Morgan fingerprint density at radius 3 is 2.74 bits per heavy atom. The number of aliphatic carboxylic acids is 1. The van der Waals surface area contributed by atoms with Crippen molar-refractivity contribution in [2.45, 2.75) is 31.8 Å². The molecule has 0 amide bonds. The van der Waals surface area contributed by atoms with Gasteiger partial charge in [0.1, 0.15) is 5.82 Å². The van der Waals surface area contributed by atoms with Crippen molar-refractivity contribution in [1.82, 2.24) is 10.3 Å². The van der Waals surface area contributed by atoms with Crippen LogP contribution in [0.1, 0.15) is 41.2 Å². The lowest BCUT2D eigenvalue weighted by Gasteiger charge is -2.20. The Morgan fingerprint density at radius 2 is 2.03 bits per heavy atom. The number of benzene rings is 2. The molecule has 3 aromatic rings. The van der Waals surface area contributed by atoms with Crippen molar-refractivity contribution in [1.29, 1.82) is 0 Å². The summed E-state index contributed by atoms with van der Waals surface area (Å²) in [6, 6.07) is 14.9. The van der Waals surface area contributed by atoms with E-state index in [1.165, 1.54) is 17.7 Å². The fraction of sp³-hybridized carbons (Fsp3) is 0.172. The van der Waals surface area contributed by atoms with E-state index in [2.05, 4.69) is 29.4 Å². The molecule has 4 nitrogen and oxygen atoms in total. The molecule has 2 aromatic carbocycles. The highest BCUT2D eigenvalue weighted by Crippen LogP contribution is 2.44. The predicted octanol–water partition coefficient (Wildman–Crippen LogP) is 6.27. The zero-order chi connectivity index (χ0) is 24.5. The van der Waals surface area contributed by atoms with Gasteiger partial charge >= 0.3 is 5.97 Å². The number of rotatable bonds is 6. The van der Waals surface area contributed by atoms with Crippen LogP contribution in [0.3, 0.4) is 0 Å². The molecule has 0 saturated carbocycles. The molecule has 6 heteroatoms. The lowest BCUT2D eigenvalue weighted by atomic mass is 9.85. The summed E-state index contributed by atoms with van der Waals surface area (Å²) in [6.45, 7) is 2.07. The average molecular weight is 487 g/mol. The summed E-state index contributed by atoms with van der Waals surface area (Å²) in [5.41, 5.74) is 8.14. The van der Waals surface area contributed by atoms with Gasteiger partial charge in [-0.15, -0.1) is 0 Å². The Hall–Kier alpha value is -3.54. The van der Waals surface area contributed by atoms with E-state index in [0.29, 0.717) is 17.5 Å². The van der Waals surface area contributed by atoms with Crippen molar-refractivity contribution in [2.24, 2.45) is 0 Å². The van der Waals surface area contributed by atoms with Crippen LogP contribution in [0.5, 0.6) is 0 Å². The van der Waals surface area contributed by atoms with E-state index < -0.39 is 5.97 Å². The highest BCUT2D eigenvalue weighted by molar-refractivity contribution is 6.32. The van der Waals surface area contributed by atoms with Crippen molar-refractivity contribution in [2.75, 3.05) is 0 Å². The van der Waals surface area contributed by atoms with E-state index in [1.807, 2.05) is 36.7 Å². The summed E-state index contributed by atoms with van der Waals surface area (Å²) in [6.07, 6.45) is 10.2. The molecule has 176 valence electrons.